The van der Waals surface area contributed by atoms with Crippen LogP contribution in [0.1, 0.15) is 5.56 Å². The number of nitrogens with one attached hydrogen (secondary N) is 1. The summed E-state index contributed by atoms with van der Waals surface area (Å²) in [5, 5.41) is 0. The largest absolute Gasteiger partial charge is 0.403 e. The van der Waals surface area contributed by atoms with Crippen molar-refractivity contribution in [3.05, 3.63) is 57.6 Å². The van der Waals surface area contributed by atoms with Gasteiger partial charge in [-0.1, -0.05) is 0 Å². The number of hydrogen-bond acceptors (Lipinski definition) is 4. The van der Waals surface area contributed by atoms with Crippen molar-refractivity contribution >= 4 is 11.2 Å². The van der Waals surface area contributed by atoms with E-state index in [2.05, 4.69) is 15.0 Å². The van der Waals surface area contributed by atoms with Crippen LogP contribution in [0.3, 0.4) is 0 Å². The second-order valence-electron chi connectivity index (χ2n) is 5.80. The Kier molecular flexibility index (Phi) is 4.83. The number of rotatable bonds is 3. The second-order valence-corrected chi connectivity index (χ2v) is 5.80. The van der Waals surface area contributed by atoms with Crippen LogP contribution in [0.15, 0.2) is 23.1 Å². The molecule has 0 radical (unpaired) electrons. The molecule has 1 atom stereocenters. The van der Waals surface area contributed by atoms with Crippen molar-refractivity contribution in [2.75, 3.05) is 0 Å². The number of H-pyrrole nitrogens is 1. The quantitative estimate of drug-likeness (QED) is 0.518. The highest BCUT2D eigenvalue weighted by Crippen LogP contribution is 2.36. The number of aromatic amines is 1. The SMILES string of the molecule is N[C@@H](Cc1c(-c2c(F)cc(F)cc2F)c(F)nc2ncc(=O)[nH]c12)C(F)(F)F. The van der Waals surface area contributed by atoms with Crippen LogP contribution in [0.25, 0.3) is 22.3 Å². The molecule has 0 spiro atoms. The van der Waals surface area contributed by atoms with Gasteiger partial charge in [0.1, 0.15) is 23.5 Å². The lowest BCUT2D eigenvalue weighted by molar-refractivity contribution is -0.147. The number of nitrogens with two attached hydrogens (primary N) is 1. The van der Waals surface area contributed by atoms with E-state index in [4.69, 9.17) is 5.73 Å². The van der Waals surface area contributed by atoms with E-state index < -0.39 is 75.5 Å². The summed E-state index contributed by atoms with van der Waals surface area (Å²) in [4.78, 5) is 20.5. The third kappa shape index (κ3) is 3.54. The zero-order valence-corrected chi connectivity index (χ0v) is 13.5. The average molecular weight is 406 g/mol. The first-order valence-corrected chi connectivity index (χ1v) is 7.53. The Morgan fingerprint density at radius 1 is 1.07 bits per heavy atom. The highest BCUT2D eigenvalue weighted by molar-refractivity contribution is 5.84. The molecule has 0 unspecified atom stereocenters. The van der Waals surface area contributed by atoms with Gasteiger partial charge in [0.25, 0.3) is 5.56 Å². The van der Waals surface area contributed by atoms with Crippen LogP contribution in [0, 0.1) is 23.4 Å². The smallest absolute Gasteiger partial charge is 0.320 e. The molecule has 148 valence electrons. The third-order valence-corrected chi connectivity index (χ3v) is 3.89. The fourth-order valence-electron chi connectivity index (χ4n) is 2.66. The van der Waals surface area contributed by atoms with Gasteiger partial charge in [-0.15, -0.1) is 0 Å². The molecule has 12 heteroatoms. The summed E-state index contributed by atoms with van der Waals surface area (Å²) in [6, 6.07) is -2.12. The monoisotopic (exact) mass is 406 g/mol. The number of nitrogens with zero attached hydrogens (tertiary/aromatic N) is 2. The summed E-state index contributed by atoms with van der Waals surface area (Å²) in [7, 11) is 0. The van der Waals surface area contributed by atoms with Crippen LogP contribution in [0.5, 0.6) is 0 Å². The van der Waals surface area contributed by atoms with Gasteiger partial charge >= 0.3 is 6.18 Å². The summed E-state index contributed by atoms with van der Waals surface area (Å²) in [6.45, 7) is 0. The molecule has 0 bridgehead atoms. The van der Waals surface area contributed by atoms with E-state index in [1.165, 1.54) is 0 Å². The van der Waals surface area contributed by atoms with Gasteiger partial charge in [-0.25, -0.2) is 18.2 Å². The lowest BCUT2D eigenvalue weighted by Crippen LogP contribution is -2.39. The Morgan fingerprint density at radius 3 is 2.25 bits per heavy atom. The molecule has 2 heterocycles. The lowest BCUT2D eigenvalue weighted by Gasteiger charge is -2.19. The molecular formula is C16H9F7N4O. The Bertz CT molecular complexity index is 1100. The van der Waals surface area contributed by atoms with Crippen molar-refractivity contribution in [2.24, 2.45) is 5.73 Å². The molecule has 0 saturated carbocycles. The summed E-state index contributed by atoms with van der Waals surface area (Å²) in [6.07, 6.45) is -5.40. The number of benzene rings is 1. The first-order chi connectivity index (χ1) is 13.0. The minimum absolute atomic E-state index is 0.224. The van der Waals surface area contributed by atoms with Gasteiger partial charge in [-0.3, -0.25) is 4.79 Å². The maximum Gasteiger partial charge on any atom is 0.403 e. The van der Waals surface area contributed by atoms with Gasteiger partial charge < -0.3 is 10.7 Å². The summed E-state index contributed by atoms with van der Waals surface area (Å²) < 4.78 is 95.0. The van der Waals surface area contributed by atoms with Gasteiger partial charge in [-0.05, 0) is 12.0 Å². The van der Waals surface area contributed by atoms with Crippen molar-refractivity contribution < 1.29 is 30.7 Å². The van der Waals surface area contributed by atoms with Gasteiger partial charge in [0.2, 0.25) is 5.95 Å². The number of pyridine rings is 1. The van der Waals surface area contributed by atoms with E-state index in [9.17, 15) is 35.5 Å². The van der Waals surface area contributed by atoms with Crippen LogP contribution < -0.4 is 11.3 Å². The number of fused-ring (bicyclic) bond motifs is 1. The molecule has 0 aliphatic carbocycles. The average Bonchev–Trinajstić information content (AvgIpc) is 2.56. The van der Waals surface area contributed by atoms with E-state index >= 15 is 0 Å². The highest BCUT2D eigenvalue weighted by Gasteiger charge is 2.38. The Hall–Kier alpha value is -3.02. The van der Waals surface area contributed by atoms with E-state index in [1.807, 2.05) is 0 Å². The molecule has 28 heavy (non-hydrogen) atoms. The molecule has 5 nitrogen and oxygen atoms in total. The molecule has 2 aromatic heterocycles. The van der Waals surface area contributed by atoms with Crippen molar-refractivity contribution in [3.63, 3.8) is 0 Å². The topological polar surface area (TPSA) is 84.7 Å². The van der Waals surface area contributed by atoms with E-state index in [0.717, 1.165) is 0 Å². The molecule has 0 amide bonds. The Labute approximate surface area is 151 Å². The molecule has 1 aromatic carbocycles. The molecule has 0 aliphatic rings. The first kappa shape index (κ1) is 19.7. The van der Waals surface area contributed by atoms with E-state index in [1.54, 1.807) is 0 Å². The number of hydrogen-bond donors (Lipinski definition) is 2. The first-order valence-electron chi connectivity index (χ1n) is 7.53. The van der Waals surface area contributed by atoms with Crippen LogP contribution in [-0.4, -0.2) is 27.2 Å². The van der Waals surface area contributed by atoms with Crippen molar-refractivity contribution in [1.29, 1.82) is 0 Å². The minimum atomic E-state index is -4.94. The maximum atomic E-state index is 14.6. The van der Waals surface area contributed by atoms with Crippen LogP contribution >= 0.6 is 0 Å². The molecule has 0 aliphatic heterocycles. The van der Waals surface area contributed by atoms with Gasteiger partial charge in [0.15, 0.2) is 5.65 Å². The Balaban J connectivity index is 2.41. The third-order valence-electron chi connectivity index (χ3n) is 3.89. The van der Waals surface area contributed by atoms with Gasteiger partial charge in [-0.2, -0.15) is 22.5 Å². The van der Waals surface area contributed by atoms with E-state index in [-0.39, 0.29) is 12.1 Å². The molecular weight excluding hydrogens is 397 g/mol. The molecule has 0 saturated heterocycles. The van der Waals surface area contributed by atoms with E-state index in [0.29, 0.717) is 6.20 Å². The normalized spacial score (nSPS) is 13.1. The van der Waals surface area contributed by atoms with Crippen molar-refractivity contribution in [3.8, 4) is 11.1 Å². The van der Waals surface area contributed by atoms with Gasteiger partial charge in [0, 0.05) is 17.7 Å². The van der Waals surface area contributed by atoms with Crippen LogP contribution in [0.4, 0.5) is 30.7 Å². The predicted molar refractivity (Wildman–Crippen MR) is 83.2 cm³/mol. The summed E-state index contributed by atoms with van der Waals surface area (Å²) in [5.74, 6) is -6.05. The fourth-order valence-corrected chi connectivity index (χ4v) is 2.66. The number of halogens is 7. The number of aromatic nitrogens is 3. The van der Waals surface area contributed by atoms with Crippen molar-refractivity contribution in [1.82, 2.24) is 15.0 Å². The standard InChI is InChI=1S/C16H9F7N4O/c17-5-1-7(18)12(8(19)2-5)11-6(3-9(24)16(21,22)23)13-15(27-14(11)20)25-4-10(28)26-13/h1-2,4,9H,3,24H2,(H,26,28)/t9-/m0/s1. The zero-order chi connectivity index (χ0) is 20.8. The molecule has 3 N–H and O–H groups in total. The summed E-state index contributed by atoms with van der Waals surface area (Å²) >= 11 is 0. The molecule has 3 aromatic rings. The van der Waals surface area contributed by atoms with Gasteiger partial charge in [0.05, 0.1) is 17.3 Å². The Morgan fingerprint density at radius 2 is 1.68 bits per heavy atom. The predicted octanol–water partition coefficient (Wildman–Crippen LogP) is 2.97. The zero-order valence-electron chi connectivity index (χ0n) is 13.5. The molecule has 0 fully saturated rings. The maximum absolute atomic E-state index is 14.6. The highest BCUT2D eigenvalue weighted by atomic mass is 19.4. The molecule has 3 rings (SSSR count). The van der Waals surface area contributed by atoms with Crippen molar-refractivity contribution in [2.45, 2.75) is 18.6 Å². The second kappa shape index (κ2) is 6.86. The number of alkyl halides is 3. The fraction of sp³-hybridized carbons (Fsp3) is 0.188. The minimum Gasteiger partial charge on any atom is -0.320 e. The van der Waals surface area contributed by atoms with Crippen LogP contribution in [-0.2, 0) is 6.42 Å². The van der Waals surface area contributed by atoms with Crippen LogP contribution in [0.2, 0.25) is 0 Å². The lowest BCUT2D eigenvalue weighted by atomic mass is 9.94. The summed E-state index contributed by atoms with van der Waals surface area (Å²) in [5.41, 5.74) is 0.363.